The zero-order valence-corrected chi connectivity index (χ0v) is 12.1. The molecule has 0 unspecified atom stereocenters. The van der Waals surface area contributed by atoms with Gasteiger partial charge in [-0.3, -0.25) is 4.79 Å². The molecule has 5 nitrogen and oxygen atoms in total. The van der Waals surface area contributed by atoms with Gasteiger partial charge in [0.05, 0.1) is 5.69 Å². The van der Waals surface area contributed by atoms with Gasteiger partial charge < -0.3 is 20.5 Å². The Hall–Kier alpha value is -2.01. The van der Waals surface area contributed by atoms with E-state index in [2.05, 4.69) is 11.9 Å². The fourth-order valence-corrected chi connectivity index (χ4v) is 1.54. The second-order valence-electron chi connectivity index (χ2n) is 4.60. The molecule has 0 spiro atoms. The molecule has 0 heterocycles. The highest BCUT2D eigenvalue weighted by molar-refractivity contribution is 5.95. The van der Waals surface area contributed by atoms with Crippen LogP contribution in [0.25, 0.3) is 0 Å². The van der Waals surface area contributed by atoms with Crippen molar-refractivity contribution in [3.8, 4) is 5.75 Å². The molecule has 0 fully saturated rings. The second-order valence-corrected chi connectivity index (χ2v) is 4.60. The molecular weight excluding hydrogens is 256 g/mol. The molecule has 110 valence electrons. The van der Waals surface area contributed by atoms with Gasteiger partial charge in [0.1, 0.15) is 12.4 Å². The van der Waals surface area contributed by atoms with Crippen molar-refractivity contribution in [2.45, 2.75) is 13.3 Å². The maximum atomic E-state index is 11.9. The van der Waals surface area contributed by atoms with Crippen molar-refractivity contribution >= 4 is 11.6 Å². The minimum absolute atomic E-state index is 0.153. The van der Waals surface area contributed by atoms with Gasteiger partial charge in [0.2, 0.25) is 0 Å². The minimum atomic E-state index is -0.153. The van der Waals surface area contributed by atoms with Gasteiger partial charge in [0.15, 0.2) is 0 Å². The van der Waals surface area contributed by atoms with E-state index < -0.39 is 0 Å². The molecule has 0 radical (unpaired) electrons. The van der Waals surface area contributed by atoms with E-state index in [4.69, 9.17) is 15.2 Å². The summed E-state index contributed by atoms with van der Waals surface area (Å²) in [7, 11) is 1.63. The third kappa shape index (κ3) is 5.32. The summed E-state index contributed by atoms with van der Waals surface area (Å²) in [4.78, 5) is 11.9. The van der Waals surface area contributed by atoms with E-state index in [9.17, 15) is 4.79 Å². The maximum absolute atomic E-state index is 11.9. The lowest BCUT2D eigenvalue weighted by atomic mass is 10.1. The number of methoxy groups -OCH3 is 1. The Bertz CT molecular complexity index is 472. The number of carbonyl (C=O) groups excluding carboxylic acids is 1. The lowest BCUT2D eigenvalue weighted by Crippen LogP contribution is -2.25. The number of nitrogens with two attached hydrogens (primary N) is 1. The molecule has 20 heavy (non-hydrogen) atoms. The molecule has 3 N–H and O–H groups in total. The molecule has 0 bridgehead atoms. The quantitative estimate of drug-likeness (QED) is 0.433. The number of rotatable bonds is 8. The first-order valence-electron chi connectivity index (χ1n) is 6.48. The molecule has 0 aliphatic rings. The first kappa shape index (κ1) is 16.0. The number of nitrogen functional groups attached to an aromatic ring is 1. The van der Waals surface area contributed by atoms with Gasteiger partial charge in [0, 0.05) is 25.8 Å². The van der Waals surface area contributed by atoms with Crippen LogP contribution in [0, 0.1) is 0 Å². The number of nitrogens with one attached hydrogen (secondary N) is 1. The molecular formula is C15H22N2O3. The average Bonchev–Trinajstić information content (AvgIpc) is 2.41. The highest BCUT2D eigenvalue weighted by atomic mass is 16.5. The van der Waals surface area contributed by atoms with Crippen LogP contribution in [0.5, 0.6) is 5.75 Å². The van der Waals surface area contributed by atoms with Crippen LogP contribution in [-0.4, -0.2) is 32.8 Å². The Labute approximate surface area is 119 Å². The molecule has 1 rings (SSSR count). The fourth-order valence-electron chi connectivity index (χ4n) is 1.54. The summed E-state index contributed by atoms with van der Waals surface area (Å²) in [5.41, 5.74) is 7.73. The predicted molar refractivity (Wildman–Crippen MR) is 80.0 cm³/mol. The molecule has 1 amide bonds. The van der Waals surface area contributed by atoms with Crippen molar-refractivity contribution in [1.29, 1.82) is 0 Å². The van der Waals surface area contributed by atoms with E-state index >= 15 is 0 Å². The summed E-state index contributed by atoms with van der Waals surface area (Å²) in [6, 6.07) is 5.00. The molecule has 0 saturated heterocycles. The smallest absolute Gasteiger partial charge is 0.251 e. The number of carbonyl (C=O) groups is 1. The number of anilines is 1. The largest absolute Gasteiger partial charge is 0.487 e. The van der Waals surface area contributed by atoms with Gasteiger partial charge in [-0.15, -0.1) is 0 Å². The molecule has 0 aliphatic carbocycles. The summed E-state index contributed by atoms with van der Waals surface area (Å²) in [6.07, 6.45) is 0.775. The van der Waals surface area contributed by atoms with E-state index in [0.29, 0.717) is 36.8 Å². The van der Waals surface area contributed by atoms with E-state index in [1.165, 1.54) is 0 Å². The normalized spacial score (nSPS) is 10.1. The van der Waals surface area contributed by atoms with E-state index in [1.54, 1.807) is 25.3 Å². The minimum Gasteiger partial charge on any atom is -0.487 e. The van der Waals surface area contributed by atoms with E-state index in [0.717, 1.165) is 12.0 Å². The zero-order chi connectivity index (χ0) is 15.0. The Morgan fingerprint density at radius 2 is 2.20 bits per heavy atom. The van der Waals surface area contributed by atoms with Crippen molar-refractivity contribution in [2.75, 3.05) is 32.6 Å². The number of benzene rings is 1. The molecule has 1 aromatic rings. The SMILES string of the molecule is C=C(C)COc1ccc(C(=O)NCCCOC)cc1N. The molecule has 5 heteroatoms. The summed E-state index contributed by atoms with van der Waals surface area (Å²) >= 11 is 0. The van der Waals surface area contributed by atoms with Crippen LogP contribution in [0.1, 0.15) is 23.7 Å². The monoisotopic (exact) mass is 278 g/mol. The molecule has 0 aliphatic heterocycles. The Kier molecular flexibility index (Phi) is 6.59. The summed E-state index contributed by atoms with van der Waals surface area (Å²) in [6.45, 7) is 7.23. The van der Waals surface area contributed by atoms with Crippen molar-refractivity contribution in [3.05, 3.63) is 35.9 Å². The van der Waals surface area contributed by atoms with Crippen molar-refractivity contribution in [1.82, 2.24) is 5.32 Å². The third-order valence-corrected chi connectivity index (χ3v) is 2.56. The van der Waals surface area contributed by atoms with Crippen molar-refractivity contribution in [3.63, 3.8) is 0 Å². The molecule has 0 saturated carbocycles. The van der Waals surface area contributed by atoms with Crippen LogP contribution in [0.2, 0.25) is 0 Å². The predicted octanol–water partition coefficient (Wildman–Crippen LogP) is 1.99. The van der Waals surface area contributed by atoms with E-state index in [1.807, 2.05) is 6.92 Å². The Balaban J connectivity index is 2.57. The Morgan fingerprint density at radius 1 is 1.45 bits per heavy atom. The number of amides is 1. The standard InChI is InChI=1S/C15H22N2O3/c1-11(2)10-20-14-6-5-12(9-13(14)16)15(18)17-7-4-8-19-3/h5-6,9H,1,4,7-8,10,16H2,2-3H3,(H,17,18). The van der Waals surface area contributed by atoms with Gasteiger partial charge in [-0.2, -0.15) is 0 Å². The fraction of sp³-hybridized carbons (Fsp3) is 0.400. The van der Waals surface area contributed by atoms with Crippen LogP contribution in [0.4, 0.5) is 5.69 Å². The zero-order valence-electron chi connectivity index (χ0n) is 12.1. The summed E-state index contributed by atoms with van der Waals surface area (Å²) in [5, 5.41) is 2.80. The van der Waals surface area contributed by atoms with Crippen molar-refractivity contribution < 1.29 is 14.3 Å². The highest BCUT2D eigenvalue weighted by Gasteiger charge is 2.08. The van der Waals surface area contributed by atoms with Gasteiger partial charge in [0.25, 0.3) is 5.91 Å². The topological polar surface area (TPSA) is 73.6 Å². The number of hydrogen-bond acceptors (Lipinski definition) is 4. The maximum Gasteiger partial charge on any atom is 0.251 e. The number of hydrogen-bond donors (Lipinski definition) is 2. The van der Waals surface area contributed by atoms with E-state index in [-0.39, 0.29) is 5.91 Å². The molecule has 0 aromatic heterocycles. The lowest BCUT2D eigenvalue weighted by Gasteiger charge is -2.10. The highest BCUT2D eigenvalue weighted by Crippen LogP contribution is 2.22. The van der Waals surface area contributed by atoms with Crippen molar-refractivity contribution in [2.24, 2.45) is 0 Å². The second kappa shape index (κ2) is 8.22. The third-order valence-electron chi connectivity index (χ3n) is 2.56. The first-order valence-corrected chi connectivity index (χ1v) is 6.48. The first-order chi connectivity index (χ1) is 9.54. The van der Waals surface area contributed by atoms with Gasteiger partial charge in [-0.1, -0.05) is 6.58 Å². The Morgan fingerprint density at radius 3 is 2.80 bits per heavy atom. The summed E-state index contributed by atoms with van der Waals surface area (Å²) in [5.74, 6) is 0.406. The molecule has 0 atom stereocenters. The average molecular weight is 278 g/mol. The van der Waals surface area contributed by atoms with Crippen LogP contribution in [-0.2, 0) is 4.74 Å². The lowest BCUT2D eigenvalue weighted by molar-refractivity contribution is 0.0948. The van der Waals surface area contributed by atoms with Gasteiger partial charge in [-0.25, -0.2) is 0 Å². The van der Waals surface area contributed by atoms with Crippen LogP contribution in [0.15, 0.2) is 30.4 Å². The van der Waals surface area contributed by atoms with Crippen LogP contribution in [0.3, 0.4) is 0 Å². The van der Waals surface area contributed by atoms with Crippen LogP contribution >= 0.6 is 0 Å². The summed E-state index contributed by atoms with van der Waals surface area (Å²) < 4.78 is 10.4. The van der Waals surface area contributed by atoms with Crippen LogP contribution < -0.4 is 15.8 Å². The van der Waals surface area contributed by atoms with Gasteiger partial charge in [-0.05, 0) is 37.1 Å². The number of ether oxygens (including phenoxy) is 2. The van der Waals surface area contributed by atoms with Gasteiger partial charge >= 0.3 is 0 Å². The molecule has 1 aromatic carbocycles.